The van der Waals surface area contributed by atoms with Gasteiger partial charge in [0.2, 0.25) is 0 Å². The van der Waals surface area contributed by atoms with Crippen LogP contribution in [0.25, 0.3) is 0 Å². The van der Waals surface area contributed by atoms with Crippen LogP contribution in [0.2, 0.25) is 0 Å². The van der Waals surface area contributed by atoms with E-state index in [-0.39, 0.29) is 0 Å². The van der Waals surface area contributed by atoms with Crippen molar-refractivity contribution in [1.29, 1.82) is 0 Å². The van der Waals surface area contributed by atoms with Gasteiger partial charge >= 0.3 is 0 Å². The van der Waals surface area contributed by atoms with Gasteiger partial charge in [-0.25, -0.2) is 0 Å². The first-order valence-corrected chi connectivity index (χ1v) is 15.0. The lowest BCUT2D eigenvalue weighted by Crippen LogP contribution is -2.02. The maximum Gasteiger partial charge on any atom is -0.0213 e. The van der Waals surface area contributed by atoms with Gasteiger partial charge in [-0.15, -0.1) is 0 Å². The minimum atomic E-state index is 0.631. The molecule has 0 aliphatic rings. The van der Waals surface area contributed by atoms with Crippen molar-refractivity contribution in [1.82, 2.24) is 0 Å². The summed E-state index contributed by atoms with van der Waals surface area (Å²) in [4.78, 5) is 0. The van der Waals surface area contributed by atoms with Crippen LogP contribution in [-0.2, 0) is 0 Å². The Bertz CT molecular complexity index is 983. The minimum absolute atomic E-state index is 0.631. The van der Waals surface area contributed by atoms with Gasteiger partial charge in [0.15, 0.2) is 0 Å². The minimum Gasteiger partial charge on any atom is -0.0620 e. The molecule has 0 radical (unpaired) electrons. The van der Waals surface area contributed by atoms with Crippen LogP contribution in [-0.4, -0.2) is 0 Å². The number of hydrogen-bond acceptors (Lipinski definition) is 0. The highest BCUT2D eigenvalue weighted by molar-refractivity contribution is 5.43. The van der Waals surface area contributed by atoms with Gasteiger partial charge in [-0.05, 0) is 93.9 Å². The van der Waals surface area contributed by atoms with Crippen LogP contribution in [0, 0.1) is 13.8 Å². The van der Waals surface area contributed by atoms with E-state index in [1.807, 2.05) is 0 Å². The molecule has 0 nitrogen and oxygen atoms in total. The SMILES string of the molecule is CC(C)c1ccccc1C(C)C.CC(C)c1ccccc1C(C)C.Cc1ccc(C(C)C)c(C(C)C)c1C. The van der Waals surface area contributed by atoms with Gasteiger partial charge in [-0.3, -0.25) is 0 Å². The predicted octanol–water partition coefficient (Wildman–Crippen LogP) is 12.4. The van der Waals surface area contributed by atoms with Crippen molar-refractivity contribution in [3.63, 3.8) is 0 Å². The average Bonchev–Trinajstić information content (AvgIpc) is 2.85. The summed E-state index contributed by atoms with van der Waals surface area (Å²) in [6, 6.07) is 22.0. The number of benzene rings is 3. The van der Waals surface area contributed by atoms with Gasteiger partial charge < -0.3 is 0 Å². The Hall–Kier alpha value is -2.34. The van der Waals surface area contributed by atoms with Crippen molar-refractivity contribution in [2.24, 2.45) is 0 Å². The van der Waals surface area contributed by atoms with E-state index in [9.17, 15) is 0 Å². The first kappa shape index (κ1) is 33.7. The normalized spacial score (nSPS) is 11.3. The first-order valence-electron chi connectivity index (χ1n) is 15.0. The van der Waals surface area contributed by atoms with Gasteiger partial charge in [-0.2, -0.15) is 0 Å². The molecular formula is C38H58. The Kier molecular flexibility index (Phi) is 14.1. The average molecular weight is 515 g/mol. The zero-order valence-electron chi connectivity index (χ0n) is 27.2. The Morgan fingerprint density at radius 1 is 0.342 bits per heavy atom. The smallest absolute Gasteiger partial charge is 0.0213 e. The van der Waals surface area contributed by atoms with Gasteiger partial charge in [0.05, 0.1) is 0 Å². The van der Waals surface area contributed by atoms with Crippen molar-refractivity contribution >= 4 is 0 Å². The summed E-state index contributed by atoms with van der Waals surface area (Å²) in [5.74, 6) is 3.83. The lowest BCUT2D eigenvalue weighted by Gasteiger charge is -2.20. The number of aryl methyl sites for hydroxylation is 1. The molecule has 0 heterocycles. The summed E-state index contributed by atoms with van der Waals surface area (Å²) in [5.41, 5.74) is 11.9. The van der Waals surface area contributed by atoms with Crippen LogP contribution >= 0.6 is 0 Å². The molecule has 0 aromatic heterocycles. The third-order valence-corrected chi connectivity index (χ3v) is 7.50. The summed E-state index contributed by atoms with van der Waals surface area (Å²) >= 11 is 0. The fourth-order valence-electron chi connectivity index (χ4n) is 5.25. The van der Waals surface area contributed by atoms with Gasteiger partial charge in [0, 0.05) is 0 Å². The van der Waals surface area contributed by atoms with E-state index in [0.717, 1.165) is 0 Å². The monoisotopic (exact) mass is 514 g/mol. The first-order chi connectivity index (χ1) is 17.7. The van der Waals surface area contributed by atoms with Crippen LogP contribution in [0.1, 0.15) is 163 Å². The van der Waals surface area contributed by atoms with E-state index in [0.29, 0.717) is 35.5 Å². The topological polar surface area (TPSA) is 0 Å². The van der Waals surface area contributed by atoms with Crippen molar-refractivity contribution in [3.8, 4) is 0 Å². The Morgan fingerprint density at radius 2 is 0.632 bits per heavy atom. The van der Waals surface area contributed by atoms with E-state index >= 15 is 0 Å². The molecule has 0 spiro atoms. The van der Waals surface area contributed by atoms with Gasteiger partial charge in [-0.1, -0.05) is 144 Å². The summed E-state index contributed by atoms with van der Waals surface area (Å²) in [5, 5.41) is 0. The summed E-state index contributed by atoms with van der Waals surface area (Å²) in [6.45, 7) is 31.6. The van der Waals surface area contributed by atoms with E-state index in [1.54, 1.807) is 5.56 Å². The zero-order valence-corrected chi connectivity index (χ0v) is 27.2. The molecule has 38 heavy (non-hydrogen) atoms. The summed E-state index contributed by atoms with van der Waals surface area (Å²) in [7, 11) is 0. The Morgan fingerprint density at radius 3 is 0.868 bits per heavy atom. The largest absolute Gasteiger partial charge is 0.0620 e. The number of rotatable bonds is 6. The molecule has 0 bridgehead atoms. The fraction of sp³-hybridized carbons (Fsp3) is 0.526. The van der Waals surface area contributed by atoms with E-state index in [2.05, 4.69) is 158 Å². The molecule has 3 aromatic carbocycles. The standard InChI is InChI=1S/C14H22.2C12H18/c1-9(2)13-8-7-11(5)12(6)14(13)10(3)4;2*1-9(2)11-7-5-6-8-12(11)10(3)4/h7-10H,1-6H3;2*5-10H,1-4H3. The van der Waals surface area contributed by atoms with Crippen LogP contribution in [0.4, 0.5) is 0 Å². The fourth-order valence-corrected chi connectivity index (χ4v) is 5.25. The van der Waals surface area contributed by atoms with Crippen LogP contribution in [0.5, 0.6) is 0 Å². The van der Waals surface area contributed by atoms with Crippen molar-refractivity contribution < 1.29 is 0 Å². The third kappa shape index (κ3) is 9.76. The molecule has 0 N–H and O–H groups in total. The Labute approximate surface area is 237 Å². The Balaban J connectivity index is 0.000000286. The summed E-state index contributed by atoms with van der Waals surface area (Å²) < 4.78 is 0. The molecule has 3 rings (SSSR count). The van der Waals surface area contributed by atoms with Crippen LogP contribution < -0.4 is 0 Å². The van der Waals surface area contributed by atoms with Crippen LogP contribution in [0.15, 0.2) is 60.7 Å². The molecule has 0 saturated carbocycles. The lowest BCUT2D eigenvalue weighted by molar-refractivity contribution is 0.781. The van der Waals surface area contributed by atoms with Crippen molar-refractivity contribution in [2.75, 3.05) is 0 Å². The van der Waals surface area contributed by atoms with E-state index in [4.69, 9.17) is 0 Å². The molecule has 0 heteroatoms. The highest BCUT2D eigenvalue weighted by Gasteiger charge is 2.13. The van der Waals surface area contributed by atoms with Crippen LogP contribution in [0.3, 0.4) is 0 Å². The maximum atomic E-state index is 2.29. The number of hydrogen-bond donors (Lipinski definition) is 0. The highest BCUT2D eigenvalue weighted by atomic mass is 14.2. The van der Waals surface area contributed by atoms with Gasteiger partial charge in [0.1, 0.15) is 0 Å². The second-order valence-electron chi connectivity index (χ2n) is 12.7. The molecule has 0 aliphatic heterocycles. The van der Waals surface area contributed by atoms with E-state index in [1.165, 1.54) is 38.9 Å². The lowest BCUT2D eigenvalue weighted by atomic mass is 9.85. The molecule has 0 atom stereocenters. The summed E-state index contributed by atoms with van der Waals surface area (Å²) in [6.07, 6.45) is 0. The van der Waals surface area contributed by atoms with Crippen molar-refractivity contribution in [3.05, 3.63) is 105 Å². The molecule has 3 aromatic rings. The highest BCUT2D eigenvalue weighted by Crippen LogP contribution is 2.30. The molecule has 0 aliphatic carbocycles. The quantitative estimate of drug-likeness (QED) is 0.307. The second-order valence-corrected chi connectivity index (χ2v) is 12.7. The molecule has 0 unspecified atom stereocenters. The van der Waals surface area contributed by atoms with E-state index < -0.39 is 0 Å². The third-order valence-electron chi connectivity index (χ3n) is 7.50. The van der Waals surface area contributed by atoms with Gasteiger partial charge in [0.25, 0.3) is 0 Å². The molecule has 210 valence electrons. The molecule has 0 fully saturated rings. The second kappa shape index (κ2) is 15.9. The molecule has 0 saturated heterocycles. The zero-order chi connectivity index (χ0) is 29.2. The van der Waals surface area contributed by atoms with Crippen molar-refractivity contribution in [2.45, 2.75) is 132 Å². The molecule has 0 amide bonds. The maximum absolute atomic E-state index is 2.29. The molecular weight excluding hydrogens is 456 g/mol. The predicted molar refractivity (Wildman–Crippen MR) is 173 cm³/mol.